The topological polar surface area (TPSA) is 142 Å². The third-order valence-corrected chi connectivity index (χ3v) is 8.54. The first-order valence-corrected chi connectivity index (χ1v) is 13.9. The fourth-order valence-corrected chi connectivity index (χ4v) is 6.15. The Hall–Kier alpha value is -4.77. The number of pyridine rings is 3. The molecule has 7 rings (SSSR count). The molecule has 0 saturated heterocycles. The number of hydrogen-bond donors (Lipinski definition) is 3. The van der Waals surface area contributed by atoms with Gasteiger partial charge in [0.25, 0.3) is 0 Å². The first kappa shape index (κ1) is 26.5. The molecular weight excluding hydrogens is 536 g/mol. The molecule has 1 aliphatic carbocycles. The Morgan fingerprint density at radius 1 is 1.00 bits per heavy atom. The summed E-state index contributed by atoms with van der Waals surface area (Å²) in [7, 11) is 0. The maximum absolute atomic E-state index is 12.6. The number of aromatic amines is 2. The second-order valence-corrected chi connectivity index (χ2v) is 11.1. The molecule has 1 saturated carbocycles. The van der Waals surface area contributed by atoms with E-state index in [-0.39, 0.29) is 25.0 Å². The van der Waals surface area contributed by atoms with Gasteiger partial charge >= 0.3 is 0 Å². The minimum atomic E-state index is 0. The van der Waals surface area contributed by atoms with E-state index in [4.69, 9.17) is 4.98 Å². The summed E-state index contributed by atoms with van der Waals surface area (Å²) in [4.78, 5) is 47.6. The molecule has 6 aromatic rings. The van der Waals surface area contributed by atoms with Gasteiger partial charge < -0.3 is 10.3 Å². The number of ketones is 1. The van der Waals surface area contributed by atoms with Gasteiger partial charge in [-0.15, -0.1) is 11.3 Å². The maximum atomic E-state index is 12.6. The molecule has 3 N–H and O–H groups in total. The molecule has 6 aromatic heterocycles. The molecule has 0 atom stereocenters. The fourth-order valence-electron chi connectivity index (χ4n) is 5.24. The number of aromatic nitrogens is 7. The van der Waals surface area contributed by atoms with Crippen LogP contribution in [-0.2, 0) is 4.79 Å². The lowest BCUT2D eigenvalue weighted by Gasteiger charge is -2.11. The van der Waals surface area contributed by atoms with Gasteiger partial charge in [0.05, 0.1) is 33.9 Å². The van der Waals surface area contributed by atoms with E-state index in [1.54, 1.807) is 37.9 Å². The molecule has 11 heteroatoms. The van der Waals surface area contributed by atoms with Crippen LogP contribution in [0.5, 0.6) is 0 Å². The molecule has 6 heterocycles. The monoisotopic (exact) mass is 564 g/mol. The van der Waals surface area contributed by atoms with Crippen molar-refractivity contribution in [3.05, 3.63) is 60.1 Å². The van der Waals surface area contributed by atoms with Crippen LogP contribution in [0, 0.1) is 5.92 Å². The van der Waals surface area contributed by atoms with Crippen LogP contribution < -0.4 is 5.32 Å². The summed E-state index contributed by atoms with van der Waals surface area (Å²) in [6.45, 7) is 1.56. The molecule has 0 aromatic carbocycles. The van der Waals surface area contributed by atoms with Crippen molar-refractivity contribution in [3.63, 3.8) is 0 Å². The number of hydrogen-bond acceptors (Lipinski definition) is 8. The molecule has 1 amide bonds. The van der Waals surface area contributed by atoms with Gasteiger partial charge in [-0.25, -0.2) is 9.97 Å². The quantitative estimate of drug-likeness (QED) is 0.192. The number of H-pyrrole nitrogens is 2. The van der Waals surface area contributed by atoms with Gasteiger partial charge in [0.2, 0.25) is 5.91 Å². The molecule has 0 spiro atoms. The highest BCUT2D eigenvalue weighted by Crippen LogP contribution is 2.35. The number of carbonyl (C=O) groups is 2. The standard InChI is InChI=1S/C29H24N8O2S.CH4/c1-15(38)23-6-7-24(40-23)21-13-31-14-22-25(21)35-28(34-22)26-20-9-18(11-32-27(20)37-36-26)17-8-19(12-30-10-17)33-29(39)16-4-2-3-5-16;/h6-14,16H,2-5H2,1H3,(H,33,39)(H,34,35)(H,32,36,37);1H4. The lowest BCUT2D eigenvalue weighted by Crippen LogP contribution is -2.20. The highest BCUT2D eigenvalue weighted by Gasteiger charge is 2.23. The molecule has 0 unspecified atom stereocenters. The second kappa shape index (κ2) is 10.7. The van der Waals surface area contributed by atoms with E-state index >= 15 is 0 Å². The Morgan fingerprint density at radius 3 is 2.61 bits per heavy atom. The number of amides is 1. The first-order chi connectivity index (χ1) is 19.5. The van der Waals surface area contributed by atoms with Gasteiger partial charge in [-0.3, -0.25) is 24.7 Å². The molecule has 0 aliphatic heterocycles. The van der Waals surface area contributed by atoms with Crippen LogP contribution in [0.15, 0.2) is 55.2 Å². The highest BCUT2D eigenvalue weighted by molar-refractivity contribution is 7.17. The van der Waals surface area contributed by atoms with E-state index in [9.17, 15) is 9.59 Å². The predicted octanol–water partition coefficient (Wildman–Crippen LogP) is 6.65. The van der Waals surface area contributed by atoms with Gasteiger partial charge in [-0.05, 0) is 44.0 Å². The number of anilines is 1. The lowest BCUT2D eigenvalue weighted by atomic mass is 10.1. The highest BCUT2D eigenvalue weighted by atomic mass is 32.1. The summed E-state index contributed by atoms with van der Waals surface area (Å²) in [5.74, 6) is 0.764. The number of Topliss-reactive ketones (excluding diaryl/α,β-unsaturated/α-hetero) is 1. The number of fused-ring (bicyclic) bond motifs is 2. The molecule has 0 bridgehead atoms. The summed E-state index contributed by atoms with van der Waals surface area (Å²) in [5, 5.41) is 11.3. The molecular formula is C30H28N8O2S. The van der Waals surface area contributed by atoms with E-state index in [0.29, 0.717) is 27.7 Å². The Balaban J connectivity index is 0.00000302. The third kappa shape index (κ3) is 4.89. The van der Waals surface area contributed by atoms with Gasteiger partial charge in [-0.1, -0.05) is 20.3 Å². The Labute approximate surface area is 239 Å². The predicted molar refractivity (Wildman–Crippen MR) is 161 cm³/mol. The van der Waals surface area contributed by atoms with E-state index in [1.807, 2.05) is 24.3 Å². The number of nitrogens with one attached hydrogen (secondary N) is 3. The summed E-state index contributed by atoms with van der Waals surface area (Å²) < 4.78 is 0. The average Bonchev–Trinajstić information content (AvgIpc) is 3.78. The molecule has 0 radical (unpaired) electrons. The Bertz CT molecular complexity index is 1910. The van der Waals surface area contributed by atoms with Crippen molar-refractivity contribution in [1.82, 2.24) is 35.1 Å². The van der Waals surface area contributed by atoms with Crippen LogP contribution in [0.2, 0.25) is 0 Å². The largest absolute Gasteiger partial charge is 0.335 e. The van der Waals surface area contributed by atoms with Crippen molar-refractivity contribution in [2.75, 3.05) is 5.32 Å². The second-order valence-electron chi connectivity index (χ2n) is 10.0. The lowest BCUT2D eigenvalue weighted by molar-refractivity contribution is -0.119. The van der Waals surface area contributed by atoms with E-state index in [2.05, 4.69) is 35.5 Å². The van der Waals surface area contributed by atoms with Gasteiger partial charge in [-0.2, -0.15) is 5.10 Å². The van der Waals surface area contributed by atoms with Crippen molar-refractivity contribution in [2.24, 2.45) is 5.92 Å². The van der Waals surface area contributed by atoms with Crippen LogP contribution in [0.1, 0.15) is 49.7 Å². The summed E-state index contributed by atoms with van der Waals surface area (Å²) in [6, 6.07) is 7.66. The van der Waals surface area contributed by atoms with Crippen LogP contribution >= 0.6 is 11.3 Å². The fraction of sp³-hybridized carbons (Fsp3) is 0.233. The van der Waals surface area contributed by atoms with Crippen LogP contribution in [0.25, 0.3) is 55.2 Å². The van der Waals surface area contributed by atoms with Crippen molar-refractivity contribution in [3.8, 4) is 33.1 Å². The molecule has 206 valence electrons. The number of thiophene rings is 1. The van der Waals surface area contributed by atoms with E-state index in [0.717, 1.165) is 63.7 Å². The van der Waals surface area contributed by atoms with E-state index < -0.39 is 0 Å². The number of carbonyl (C=O) groups excluding carboxylic acids is 2. The maximum Gasteiger partial charge on any atom is 0.227 e. The summed E-state index contributed by atoms with van der Waals surface area (Å²) in [6.07, 6.45) is 12.7. The van der Waals surface area contributed by atoms with Gasteiger partial charge in [0.15, 0.2) is 17.3 Å². The minimum absolute atomic E-state index is 0. The van der Waals surface area contributed by atoms with E-state index in [1.165, 1.54) is 11.3 Å². The molecule has 1 fully saturated rings. The molecule has 41 heavy (non-hydrogen) atoms. The van der Waals surface area contributed by atoms with Crippen molar-refractivity contribution >= 4 is 50.8 Å². The first-order valence-electron chi connectivity index (χ1n) is 13.1. The number of nitrogens with zero attached hydrogens (tertiary/aromatic N) is 5. The Morgan fingerprint density at radius 2 is 1.80 bits per heavy atom. The third-order valence-electron chi connectivity index (χ3n) is 7.32. The zero-order chi connectivity index (χ0) is 27.2. The van der Waals surface area contributed by atoms with Crippen molar-refractivity contribution < 1.29 is 9.59 Å². The zero-order valence-electron chi connectivity index (χ0n) is 21.6. The number of imidazole rings is 1. The van der Waals surface area contributed by atoms with Crippen LogP contribution in [-0.4, -0.2) is 46.8 Å². The summed E-state index contributed by atoms with van der Waals surface area (Å²) >= 11 is 1.42. The van der Waals surface area contributed by atoms with Crippen LogP contribution in [0.3, 0.4) is 0 Å². The van der Waals surface area contributed by atoms with Crippen LogP contribution in [0.4, 0.5) is 5.69 Å². The van der Waals surface area contributed by atoms with Gasteiger partial charge in [0, 0.05) is 46.1 Å². The minimum Gasteiger partial charge on any atom is -0.335 e. The molecule has 1 aliphatic rings. The summed E-state index contributed by atoms with van der Waals surface area (Å²) in [5.41, 5.74) is 5.97. The van der Waals surface area contributed by atoms with Crippen molar-refractivity contribution in [1.29, 1.82) is 0 Å². The zero-order valence-corrected chi connectivity index (χ0v) is 22.4. The number of rotatable bonds is 6. The normalized spacial score (nSPS) is 13.5. The average molecular weight is 565 g/mol. The van der Waals surface area contributed by atoms with Gasteiger partial charge in [0.1, 0.15) is 11.2 Å². The molecule has 10 nitrogen and oxygen atoms in total. The SMILES string of the molecule is C.CC(=O)c1ccc(-c2cncc3[nH]c(-c4[nH]nc5ncc(-c6cncc(NC(=O)C7CCCC7)c6)cc45)nc23)s1. The smallest absolute Gasteiger partial charge is 0.227 e. The Kier molecular flexibility index (Phi) is 6.88. The van der Waals surface area contributed by atoms with Crippen molar-refractivity contribution in [2.45, 2.75) is 40.0 Å².